The highest BCUT2D eigenvalue weighted by molar-refractivity contribution is 5.92. The van der Waals surface area contributed by atoms with E-state index in [9.17, 15) is 4.79 Å². The summed E-state index contributed by atoms with van der Waals surface area (Å²) < 4.78 is 6.31. The summed E-state index contributed by atoms with van der Waals surface area (Å²) in [6.45, 7) is 3.01. The fourth-order valence-electron chi connectivity index (χ4n) is 3.27. The molecule has 4 rings (SSSR count). The molecule has 0 spiro atoms. The van der Waals surface area contributed by atoms with Crippen molar-refractivity contribution in [2.24, 2.45) is 5.92 Å². The Balaban J connectivity index is 1.58. The number of ether oxygens (including phenoxy) is 1. The van der Waals surface area contributed by atoms with Gasteiger partial charge in [0.25, 0.3) is 5.91 Å². The second kappa shape index (κ2) is 6.32. The molecule has 1 aromatic heterocycles. The third-order valence-corrected chi connectivity index (χ3v) is 4.73. The molecule has 124 valence electrons. The average Bonchev–Trinajstić information content (AvgIpc) is 3.47. The largest absolute Gasteiger partial charge is 0.366 e. The first-order valence-electron chi connectivity index (χ1n) is 8.50. The van der Waals surface area contributed by atoms with Gasteiger partial charge < -0.3 is 9.64 Å². The first kappa shape index (κ1) is 15.3. The number of nitrogens with zero attached hydrogens (tertiary/aromatic N) is 3. The topological polar surface area (TPSA) is 55.3 Å². The summed E-state index contributed by atoms with van der Waals surface area (Å²) in [6, 6.07) is 11.8. The Morgan fingerprint density at radius 1 is 1.17 bits per heavy atom. The van der Waals surface area contributed by atoms with Crippen molar-refractivity contribution in [2.45, 2.75) is 32.0 Å². The van der Waals surface area contributed by atoms with Gasteiger partial charge in [-0.15, -0.1) is 0 Å². The van der Waals surface area contributed by atoms with Crippen molar-refractivity contribution in [1.29, 1.82) is 0 Å². The standard InChI is InChI=1S/C19H21N3O2/c1-13-20-10-9-16(21-13)19(23)22-11-17(14-5-3-2-4-6-14)24-18(12-22)15-7-8-15/h2-6,9-10,15,17-18H,7-8,11-12H2,1H3/t17-,18+/m0/s1. The van der Waals surface area contributed by atoms with Gasteiger partial charge in [0.05, 0.1) is 12.6 Å². The summed E-state index contributed by atoms with van der Waals surface area (Å²) in [4.78, 5) is 23.2. The van der Waals surface area contributed by atoms with Gasteiger partial charge in [0.15, 0.2) is 0 Å². The van der Waals surface area contributed by atoms with Crippen LogP contribution >= 0.6 is 0 Å². The van der Waals surface area contributed by atoms with E-state index in [1.807, 2.05) is 23.1 Å². The van der Waals surface area contributed by atoms with Crippen LogP contribution in [-0.4, -0.2) is 40.0 Å². The lowest BCUT2D eigenvalue weighted by Crippen LogP contribution is -2.48. The Kier molecular flexibility index (Phi) is 4.02. The number of rotatable bonds is 3. The van der Waals surface area contributed by atoms with Crippen LogP contribution < -0.4 is 0 Å². The number of hydrogen-bond acceptors (Lipinski definition) is 4. The summed E-state index contributed by atoms with van der Waals surface area (Å²) in [7, 11) is 0. The summed E-state index contributed by atoms with van der Waals surface area (Å²) in [6.07, 6.45) is 4.08. The van der Waals surface area contributed by atoms with Crippen LogP contribution in [0.15, 0.2) is 42.6 Å². The molecule has 1 aromatic carbocycles. The van der Waals surface area contributed by atoms with Crippen LogP contribution in [0.2, 0.25) is 0 Å². The lowest BCUT2D eigenvalue weighted by molar-refractivity contribution is -0.0865. The zero-order valence-corrected chi connectivity index (χ0v) is 13.8. The molecule has 1 saturated carbocycles. The maximum atomic E-state index is 12.9. The van der Waals surface area contributed by atoms with Crippen LogP contribution in [0.5, 0.6) is 0 Å². The third-order valence-electron chi connectivity index (χ3n) is 4.73. The number of benzene rings is 1. The smallest absolute Gasteiger partial charge is 0.272 e. The van der Waals surface area contributed by atoms with Crippen LogP contribution in [0.3, 0.4) is 0 Å². The predicted molar refractivity (Wildman–Crippen MR) is 89.5 cm³/mol. The molecule has 1 aliphatic carbocycles. The highest BCUT2D eigenvalue weighted by Gasteiger charge is 2.40. The summed E-state index contributed by atoms with van der Waals surface area (Å²) in [5.41, 5.74) is 1.59. The Bertz CT molecular complexity index is 730. The van der Waals surface area contributed by atoms with Crippen molar-refractivity contribution in [3.8, 4) is 0 Å². The molecule has 0 radical (unpaired) electrons. The van der Waals surface area contributed by atoms with Crippen molar-refractivity contribution in [2.75, 3.05) is 13.1 Å². The number of aryl methyl sites for hydroxylation is 1. The lowest BCUT2D eigenvalue weighted by atomic mass is 10.0. The summed E-state index contributed by atoms with van der Waals surface area (Å²) >= 11 is 0. The zero-order valence-electron chi connectivity index (χ0n) is 13.8. The van der Waals surface area contributed by atoms with Gasteiger partial charge >= 0.3 is 0 Å². The number of amides is 1. The molecule has 1 amide bonds. The maximum Gasteiger partial charge on any atom is 0.272 e. The highest BCUT2D eigenvalue weighted by atomic mass is 16.5. The van der Waals surface area contributed by atoms with Crippen LogP contribution in [0.25, 0.3) is 0 Å². The highest BCUT2D eigenvalue weighted by Crippen LogP contribution is 2.39. The average molecular weight is 323 g/mol. The molecule has 0 unspecified atom stereocenters. The quantitative estimate of drug-likeness (QED) is 0.871. The predicted octanol–water partition coefficient (Wildman–Crippen LogP) is 2.78. The monoisotopic (exact) mass is 323 g/mol. The van der Waals surface area contributed by atoms with Crippen molar-refractivity contribution >= 4 is 5.91 Å². The summed E-state index contributed by atoms with van der Waals surface area (Å²) in [5.74, 6) is 1.17. The van der Waals surface area contributed by atoms with Crippen molar-refractivity contribution < 1.29 is 9.53 Å². The minimum Gasteiger partial charge on any atom is -0.366 e. The van der Waals surface area contributed by atoms with E-state index in [1.165, 1.54) is 12.8 Å². The first-order chi connectivity index (χ1) is 11.7. The van der Waals surface area contributed by atoms with Gasteiger partial charge in [-0.1, -0.05) is 30.3 Å². The molecule has 2 aromatic rings. The molecule has 1 aliphatic heterocycles. The molecular weight excluding hydrogens is 302 g/mol. The van der Waals surface area contributed by atoms with E-state index < -0.39 is 0 Å². The second-order valence-electron chi connectivity index (χ2n) is 6.61. The van der Waals surface area contributed by atoms with E-state index in [4.69, 9.17) is 4.74 Å². The molecule has 2 atom stereocenters. The third kappa shape index (κ3) is 3.17. The normalized spacial score (nSPS) is 24.0. The minimum absolute atomic E-state index is 0.0321. The van der Waals surface area contributed by atoms with E-state index in [-0.39, 0.29) is 18.1 Å². The molecule has 2 aliphatic rings. The van der Waals surface area contributed by atoms with E-state index in [2.05, 4.69) is 22.1 Å². The molecule has 5 nitrogen and oxygen atoms in total. The Labute approximate surface area is 141 Å². The fourth-order valence-corrected chi connectivity index (χ4v) is 3.27. The van der Waals surface area contributed by atoms with Gasteiger partial charge in [-0.25, -0.2) is 9.97 Å². The van der Waals surface area contributed by atoms with Crippen LogP contribution in [-0.2, 0) is 4.74 Å². The maximum absolute atomic E-state index is 12.9. The molecule has 0 bridgehead atoms. The van der Waals surface area contributed by atoms with Gasteiger partial charge in [-0.2, -0.15) is 0 Å². The summed E-state index contributed by atoms with van der Waals surface area (Å²) in [5, 5.41) is 0. The molecule has 2 fully saturated rings. The molecule has 24 heavy (non-hydrogen) atoms. The number of carbonyl (C=O) groups excluding carboxylic acids is 1. The Hall–Kier alpha value is -2.27. The van der Waals surface area contributed by atoms with Crippen LogP contribution in [0.1, 0.15) is 40.8 Å². The molecule has 1 saturated heterocycles. The number of aromatic nitrogens is 2. The van der Waals surface area contributed by atoms with Gasteiger partial charge in [0.1, 0.15) is 17.6 Å². The van der Waals surface area contributed by atoms with Crippen molar-refractivity contribution in [1.82, 2.24) is 14.9 Å². The fraction of sp³-hybridized carbons (Fsp3) is 0.421. The van der Waals surface area contributed by atoms with Crippen LogP contribution in [0.4, 0.5) is 0 Å². The Morgan fingerprint density at radius 2 is 1.96 bits per heavy atom. The number of hydrogen-bond donors (Lipinski definition) is 0. The van der Waals surface area contributed by atoms with E-state index in [0.29, 0.717) is 30.5 Å². The lowest BCUT2D eigenvalue weighted by Gasteiger charge is -2.38. The molecule has 2 heterocycles. The molecule has 5 heteroatoms. The van der Waals surface area contributed by atoms with Gasteiger partial charge in [0.2, 0.25) is 0 Å². The number of morpholine rings is 1. The SMILES string of the molecule is Cc1nccc(C(=O)N2C[C@@H](c3ccccc3)O[C@@H](C3CC3)C2)n1. The van der Waals surface area contributed by atoms with Crippen molar-refractivity contribution in [3.63, 3.8) is 0 Å². The second-order valence-corrected chi connectivity index (χ2v) is 6.61. The Morgan fingerprint density at radius 3 is 2.67 bits per heavy atom. The van der Waals surface area contributed by atoms with Gasteiger partial charge in [-0.3, -0.25) is 4.79 Å². The van der Waals surface area contributed by atoms with Gasteiger partial charge in [-0.05, 0) is 37.3 Å². The molecule has 0 N–H and O–H groups in total. The van der Waals surface area contributed by atoms with E-state index in [0.717, 1.165) is 5.56 Å². The van der Waals surface area contributed by atoms with Crippen molar-refractivity contribution in [3.05, 3.63) is 59.7 Å². The van der Waals surface area contributed by atoms with Gasteiger partial charge in [0, 0.05) is 12.7 Å². The number of carbonyl (C=O) groups is 1. The minimum atomic E-state index is -0.0718. The van der Waals surface area contributed by atoms with E-state index in [1.54, 1.807) is 19.2 Å². The first-order valence-corrected chi connectivity index (χ1v) is 8.50. The zero-order chi connectivity index (χ0) is 16.5. The van der Waals surface area contributed by atoms with E-state index >= 15 is 0 Å². The molecular formula is C19H21N3O2. The van der Waals surface area contributed by atoms with Crippen LogP contribution in [0, 0.1) is 12.8 Å².